The molecule has 0 radical (unpaired) electrons. The number of fused-ring (bicyclic) bond motifs is 5. The summed E-state index contributed by atoms with van der Waals surface area (Å²) in [5.41, 5.74) is 1.32. The lowest BCUT2D eigenvalue weighted by Crippen LogP contribution is -2.43. The number of aromatic nitrogens is 3. The summed E-state index contributed by atoms with van der Waals surface area (Å²) in [6.45, 7) is 11.6. The monoisotopic (exact) mass is 520 g/mol. The number of amides is 1. The minimum Gasteiger partial charge on any atom is -0.355 e. The molecule has 9 heteroatoms. The predicted octanol–water partition coefficient (Wildman–Crippen LogP) is 4.69. The summed E-state index contributed by atoms with van der Waals surface area (Å²) in [5.74, 6) is 0.374. The van der Waals surface area contributed by atoms with Crippen LogP contribution in [0.2, 0.25) is 0 Å². The number of thiazole rings is 1. The van der Waals surface area contributed by atoms with Crippen LogP contribution >= 0.6 is 11.3 Å². The fourth-order valence-electron chi connectivity index (χ4n) is 5.45. The van der Waals surface area contributed by atoms with Crippen LogP contribution in [0.5, 0.6) is 0 Å². The minimum absolute atomic E-state index is 0.184. The summed E-state index contributed by atoms with van der Waals surface area (Å²) < 4.78 is 2.92. The molecule has 1 N–H and O–H groups in total. The maximum Gasteiger partial charge on any atom is 0.258 e. The second kappa shape index (κ2) is 10.8. The highest BCUT2D eigenvalue weighted by molar-refractivity contribution is 7.24. The first-order valence-corrected chi connectivity index (χ1v) is 14.2. The van der Waals surface area contributed by atoms with Gasteiger partial charge in [-0.2, -0.15) is 0 Å². The molecule has 0 aliphatic carbocycles. The van der Waals surface area contributed by atoms with Crippen LogP contribution in [0, 0.1) is 0 Å². The quantitative estimate of drug-likeness (QED) is 0.381. The maximum atomic E-state index is 13.9. The van der Waals surface area contributed by atoms with Gasteiger partial charge >= 0.3 is 0 Å². The highest BCUT2D eigenvalue weighted by Crippen LogP contribution is 2.31. The third-order valence-electron chi connectivity index (χ3n) is 7.31. The fraction of sp³-hybridized carbons (Fsp3) is 0.500. The number of benzene rings is 1. The molecular formula is C28H36N6O2S. The van der Waals surface area contributed by atoms with E-state index in [-0.39, 0.29) is 16.9 Å². The van der Waals surface area contributed by atoms with Crippen LogP contribution in [0.4, 0.5) is 5.82 Å². The first-order chi connectivity index (χ1) is 17.9. The number of nitrogens with zero attached hydrogens (tertiary/aromatic N) is 5. The van der Waals surface area contributed by atoms with Crippen molar-refractivity contribution in [1.82, 2.24) is 24.8 Å². The van der Waals surface area contributed by atoms with E-state index in [2.05, 4.69) is 53.0 Å². The van der Waals surface area contributed by atoms with Crippen molar-refractivity contribution in [1.29, 1.82) is 0 Å². The van der Waals surface area contributed by atoms with Gasteiger partial charge in [0.05, 0.1) is 15.6 Å². The fourth-order valence-corrected chi connectivity index (χ4v) is 6.64. The molecule has 1 aliphatic rings. The first-order valence-electron chi connectivity index (χ1n) is 13.4. The van der Waals surface area contributed by atoms with Gasteiger partial charge in [-0.15, -0.1) is 21.5 Å². The van der Waals surface area contributed by atoms with Gasteiger partial charge in [-0.1, -0.05) is 25.0 Å². The number of hydrogen-bond acceptors (Lipinski definition) is 7. The van der Waals surface area contributed by atoms with Crippen molar-refractivity contribution in [2.45, 2.75) is 65.5 Å². The Bertz CT molecular complexity index is 1480. The molecular weight excluding hydrogens is 484 g/mol. The molecule has 0 saturated carbocycles. The Morgan fingerprint density at radius 3 is 2.46 bits per heavy atom. The van der Waals surface area contributed by atoms with Gasteiger partial charge in [-0.05, 0) is 58.7 Å². The highest BCUT2D eigenvalue weighted by atomic mass is 32.1. The average molecular weight is 521 g/mol. The summed E-state index contributed by atoms with van der Waals surface area (Å²) in [6.07, 6.45) is 4.61. The molecule has 3 aromatic heterocycles. The van der Waals surface area contributed by atoms with Gasteiger partial charge in [0.1, 0.15) is 10.4 Å². The molecule has 0 spiro atoms. The zero-order valence-electron chi connectivity index (χ0n) is 22.2. The molecule has 0 unspecified atom stereocenters. The van der Waals surface area contributed by atoms with Gasteiger partial charge in [0.15, 0.2) is 11.5 Å². The largest absolute Gasteiger partial charge is 0.355 e. The molecule has 1 aromatic carbocycles. The van der Waals surface area contributed by atoms with E-state index in [9.17, 15) is 9.59 Å². The van der Waals surface area contributed by atoms with E-state index in [1.165, 1.54) is 24.2 Å². The van der Waals surface area contributed by atoms with Gasteiger partial charge in [0.2, 0.25) is 5.43 Å². The Labute approximate surface area is 221 Å². The smallest absolute Gasteiger partial charge is 0.258 e. The van der Waals surface area contributed by atoms with Crippen LogP contribution in [-0.2, 0) is 0 Å². The van der Waals surface area contributed by atoms with Crippen LogP contribution in [0.3, 0.4) is 0 Å². The van der Waals surface area contributed by atoms with E-state index >= 15 is 0 Å². The second-order valence-corrected chi connectivity index (χ2v) is 11.5. The third kappa shape index (κ3) is 4.94. The number of anilines is 1. The lowest BCUT2D eigenvalue weighted by molar-refractivity contribution is 0.0940. The van der Waals surface area contributed by atoms with E-state index in [0.29, 0.717) is 40.3 Å². The molecule has 0 atom stereocenters. The number of carbonyl (C=O) groups is 1. The number of carbonyl (C=O) groups excluding carboxylic acids is 1. The van der Waals surface area contributed by atoms with E-state index in [4.69, 9.17) is 0 Å². The maximum absolute atomic E-state index is 13.9. The van der Waals surface area contributed by atoms with Crippen molar-refractivity contribution in [3.63, 3.8) is 0 Å². The molecule has 5 rings (SSSR count). The lowest BCUT2D eigenvalue weighted by Gasteiger charge is -2.30. The number of pyridine rings is 1. The van der Waals surface area contributed by atoms with Gasteiger partial charge in [0.25, 0.3) is 5.91 Å². The number of nitrogens with one attached hydrogen (secondary N) is 1. The molecule has 0 bridgehead atoms. The Hall–Kier alpha value is -3.04. The standard InChI is InChI=1S/C28H36N6O2S/c1-18(2)33(19(3)4)16-13-29-27(36)24-25(35)20-17-23(32-14-9-5-6-10-15-32)30-31-26(20)34-21-11-7-8-12-22(21)37-28(24)34/h7-8,11-12,17-19H,5-6,9-10,13-16H2,1-4H3,(H,29,36). The summed E-state index contributed by atoms with van der Waals surface area (Å²) in [5, 5.41) is 12.6. The SMILES string of the molecule is CC(C)N(CCNC(=O)c1c(=O)c2cc(N3CCCCCC3)nnc2n2c1sc1ccccc12)C(C)C. The van der Waals surface area contributed by atoms with Crippen LogP contribution < -0.4 is 15.6 Å². The second-order valence-electron chi connectivity index (χ2n) is 10.4. The van der Waals surface area contributed by atoms with E-state index in [1.807, 2.05) is 34.7 Å². The minimum atomic E-state index is -0.337. The summed E-state index contributed by atoms with van der Waals surface area (Å²) >= 11 is 1.44. The van der Waals surface area contributed by atoms with Crippen LogP contribution in [0.15, 0.2) is 35.1 Å². The highest BCUT2D eigenvalue weighted by Gasteiger charge is 2.24. The molecule has 4 aromatic rings. The third-order valence-corrected chi connectivity index (χ3v) is 8.46. The predicted molar refractivity (Wildman–Crippen MR) is 152 cm³/mol. The Morgan fingerprint density at radius 2 is 1.76 bits per heavy atom. The number of rotatable bonds is 7. The average Bonchev–Trinajstić information content (AvgIpc) is 3.05. The molecule has 4 heterocycles. The Morgan fingerprint density at radius 1 is 1.05 bits per heavy atom. The number of para-hydroxylation sites is 1. The van der Waals surface area contributed by atoms with Crippen molar-refractivity contribution in [3.8, 4) is 0 Å². The van der Waals surface area contributed by atoms with Crippen LogP contribution in [0.1, 0.15) is 63.7 Å². The topological polar surface area (TPSA) is 82.8 Å². The molecule has 196 valence electrons. The normalized spacial score (nSPS) is 14.9. The zero-order valence-corrected chi connectivity index (χ0v) is 23.0. The zero-order chi connectivity index (χ0) is 26.1. The molecule has 8 nitrogen and oxygen atoms in total. The van der Waals surface area contributed by atoms with Crippen molar-refractivity contribution < 1.29 is 4.79 Å². The molecule has 1 amide bonds. The van der Waals surface area contributed by atoms with Crippen molar-refractivity contribution in [2.24, 2.45) is 0 Å². The Balaban J connectivity index is 1.60. The van der Waals surface area contributed by atoms with Gasteiger partial charge < -0.3 is 10.2 Å². The summed E-state index contributed by atoms with van der Waals surface area (Å²) in [4.78, 5) is 32.6. The van der Waals surface area contributed by atoms with Crippen molar-refractivity contribution in [3.05, 3.63) is 46.1 Å². The lowest BCUT2D eigenvalue weighted by atomic mass is 10.1. The molecule has 1 saturated heterocycles. The first kappa shape index (κ1) is 25.6. The van der Waals surface area contributed by atoms with Crippen molar-refractivity contribution >= 4 is 49.1 Å². The molecule has 1 aliphatic heterocycles. The molecule has 1 fully saturated rings. The van der Waals surface area contributed by atoms with E-state index in [1.54, 1.807) is 0 Å². The van der Waals surface area contributed by atoms with Crippen LogP contribution in [-0.4, -0.2) is 63.7 Å². The van der Waals surface area contributed by atoms with E-state index < -0.39 is 0 Å². The van der Waals surface area contributed by atoms with E-state index in [0.717, 1.165) is 42.7 Å². The van der Waals surface area contributed by atoms with Crippen LogP contribution in [0.25, 0.3) is 26.1 Å². The van der Waals surface area contributed by atoms with Crippen molar-refractivity contribution in [2.75, 3.05) is 31.1 Å². The summed E-state index contributed by atoms with van der Waals surface area (Å²) in [6, 6.07) is 10.5. The Kier molecular flexibility index (Phi) is 7.44. The summed E-state index contributed by atoms with van der Waals surface area (Å²) in [7, 11) is 0. The van der Waals surface area contributed by atoms with Gasteiger partial charge in [-0.3, -0.25) is 18.9 Å². The number of hydrogen-bond donors (Lipinski definition) is 1. The molecule has 37 heavy (non-hydrogen) atoms. The van der Waals surface area contributed by atoms with Gasteiger partial charge in [-0.25, -0.2) is 0 Å². The van der Waals surface area contributed by atoms with Gasteiger partial charge in [0, 0.05) is 38.3 Å².